The van der Waals surface area contributed by atoms with E-state index in [1.165, 1.54) is 18.4 Å². The highest BCUT2D eigenvalue weighted by Gasteiger charge is 2.24. The van der Waals surface area contributed by atoms with Crippen molar-refractivity contribution in [3.05, 3.63) is 29.8 Å². The predicted octanol–water partition coefficient (Wildman–Crippen LogP) is 4.56. The van der Waals surface area contributed by atoms with E-state index in [-0.39, 0.29) is 0 Å². The number of para-hydroxylation sites is 1. The fraction of sp³-hybridized carbons (Fsp3) is 0.667. The van der Waals surface area contributed by atoms with Crippen LogP contribution in [0.25, 0.3) is 0 Å². The Morgan fingerprint density at radius 1 is 1.10 bits per heavy atom. The predicted molar refractivity (Wildman–Crippen MR) is 85.1 cm³/mol. The molecule has 1 heterocycles. The van der Waals surface area contributed by atoms with Crippen LogP contribution in [0, 0.1) is 11.8 Å². The molecule has 0 fully saturated rings. The van der Waals surface area contributed by atoms with Crippen molar-refractivity contribution >= 4 is 0 Å². The summed E-state index contributed by atoms with van der Waals surface area (Å²) in [4.78, 5) is 0. The molecule has 1 aromatic carbocycles. The van der Waals surface area contributed by atoms with Crippen molar-refractivity contribution in [3.8, 4) is 5.75 Å². The number of benzene rings is 1. The summed E-state index contributed by atoms with van der Waals surface area (Å²) in [5, 5.41) is 3.89. The summed E-state index contributed by atoms with van der Waals surface area (Å²) in [5.74, 6) is 2.53. The molecule has 0 radical (unpaired) electrons. The zero-order chi connectivity index (χ0) is 14.5. The maximum absolute atomic E-state index is 5.76. The van der Waals surface area contributed by atoms with E-state index in [9.17, 15) is 0 Å². The van der Waals surface area contributed by atoms with E-state index in [0.29, 0.717) is 12.1 Å². The largest absolute Gasteiger partial charge is 0.493 e. The van der Waals surface area contributed by atoms with Crippen LogP contribution in [0.5, 0.6) is 5.75 Å². The number of hydrogen-bond acceptors (Lipinski definition) is 2. The molecule has 0 amide bonds. The van der Waals surface area contributed by atoms with Gasteiger partial charge in [-0.2, -0.15) is 0 Å². The second kappa shape index (κ2) is 7.12. The van der Waals surface area contributed by atoms with E-state index < -0.39 is 0 Å². The molecular weight excluding hydrogens is 246 g/mol. The average Bonchev–Trinajstić information content (AvgIpc) is 2.37. The lowest BCUT2D eigenvalue weighted by molar-refractivity contribution is 0.231. The molecule has 1 aromatic rings. The first-order chi connectivity index (χ1) is 9.56. The third-order valence-electron chi connectivity index (χ3n) is 3.91. The molecule has 20 heavy (non-hydrogen) atoms. The Labute approximate surface area is 123 Å². The van der Waals surface area contributed by atoms with E-state index in [1.807, 2.05) is 0 Å². The molecule has 112 valence electrons. The van der Waals surface area contributed by atoms with Crippen LogP contribution in [0.2, 0.25) is 0 Å². The summed E-state index contributed by atoms with van der Waals surface area (Å²) in [6.45, 7) is 10.1. The second-order valence-corrected chi connectivity index (χ2v) is 6.85. The maximum atomic E-state index is 5.76. The Morgan fingerprint density at radius 2 is 1.75 bits per heavy atom. The number of ether oxygens (including phenoxy) is 1. The molecule has 1 aliphatic rings. The fourth-order valence-electron chi connectivity index (χ4n) is 3.17. The van der Waals surface area contributed by atoms with Crippen LogP contribution in [0.4, 0.5) is 0 Å². The molecule has 2 heteroatoms. The smallest absolute Gasteiger partial charge is 0.124 e. The Morgan fingerprint density at radius 3 is 2.40 bits per heavy atom. The van der Waals surface area contributed by atoms with Crippen LogP contribution in [-0.2, 0) is 0 Å². The maximum Gasteiger partial charge on any atom is 0.124 e. The Kier molecular flexibility index (Phi) is 5.47. The van der Waals surface area contributed by atoms with Gasteiger partial charge in [-0.25, -0.2) is 0 Å². The van der Waals surface area contributed by atoms with Gasteiger partial charge in [-0.1, -0.05) is 45.9 Å². The van der Waals surface area contributed by atoms with E-state index in [1.54, 1.807) is 0 Å². The van der Waals surface area contributed by atoms with Gasteiger partial charge >= 0.3 is 0 Å². The molecule has 0 bridgehead atoms. The highest BCUT2D eigenvalue weighted by molar-refractivity contribution is 5.37. The summed E-state index contributed by atoms with van der Waals surface area (Å²) in [7, 11) is 0. The van der Waals surface area contributed by atoms with Crippen molar-refractivity contribution in [2.24, 2.45) is 11.8 Å². The first-order valence-electron chi connectivity index (χ1n) is 8.04. The van der Waals surface area contributed by atoms with Crippen molar-refractivity contribution in [1.82, 2.24) is 5.32 Å². The van der Waals surface area contributed by atoms with Gasteiger partial charge < -0.3 is 10.1 Å². The topological polar surface area (TPSA) is 21.3 Å². The molecule has 0 saturated carbocycles. The van der Waals surface area contributed by atoms with E-state index in [0.717, 1.165) is 30.6 Å². The summed E-state index contributed by atoms with van der Waals surface area (Å²) < 4.78 is 5.76. The first kappa shape index (κ1) is 15.4. The standard InChI is InChI=1S/C18H29NO/c1-13(2)11-15(12-14(3)4)19-17-9-10-20-18-8-6-5-7-16(17)18/h5-8,13-15,17,19H,9-12H2,1-4H3. The minimum atomic E-state index is 0.447. The van der Waals surface area contributed by atoms with Crippen molar-refractivity contribution in [3.63, 3.8) is 0 Å². The third kappa shape index (κ3) is 4.24. The van der Waals surface area contributed by atoms with Crippen LogP contribution < -0.4 is 10.1 Å². The van der Waals surface area contributed by atoms with E-state index in [2.05, 4.69) is 57.3 Å². The van der Waals surface area contributed by atoms with Crippen LogP contribution >= 0.6 is 0 Å². The number of rotatable bonds is 6. The van der Waals surface area contributed by atoms with Gasteiger partial charge in [0.25, 0.3) is 0 Å². The van der Waals surface area contributed by atoms with Crippen molar-refractivity contribution in [2.45, 2.75) is 59.0 Å². The van der Waals surface area contributed by atoms with Crippen LogP contribution in [0.3, 0.4) is 0 Å². The minimum absolute atomic E-state index is 0.447. The molecule has 1 unspecified atom stereocenters. The van der Waals surface area contributed by atoms with Gasteiger partial charge in [-0.05, 0) is 30.7 Å². The quantitative estimate of drug-likeness (QED) is 0.821. The number of hydrogen-bond donors (Lipinski definition) is 1. The molecule has 2 rings (SSSR count). The minimum Gasteiger partial charge on any atom is -0.493 e. The van der Waals surface area contributed by atoms with E-state index in [4.69, 9.17) is 4.74 Å². The molecule has 1 aliphatic heterocycles. The van der Waals surface area contributed by atoms with Gasteiger partial charge in [0.05, 0.1) is 6.61 Å². The van der Waals surface area contributed by atoms with Crippen LogP contribution in [-0.4, -0.2) is 12.6 Å². The molecule has 2 nitrogen and oxygen atoms in total. The molecular formula is C18H29NO. The van der Waals surface area contributed by atoms with Gasteiger partial charge in [0, 0.05) is 24.1 Å². The monoisotopic (exact) mass is 275 g/mol. The molecule has 0 saturated heterocycles. The third-order valence-corrected chi connectivity index (χ3v) is 3.91. The molecule has 1 N–H and O–H groups in total. The number of fused-ring (bicyclic) bond motifs is 1. The van der Waals surface area contributed by atoms with Crippen molar-refractivity contribution < 1.29 is 4.74 Å². The van der Waals surface area contributed by atoms with Crippen LogP contribution in [0.15, 0.2) is 24.3 Å². The SMILES string of the molecule is CC(C)CC(CC(C)C)NC1CCOc2ccccc21. The van der Waals surface area contributed by atoms with Gasteiger partial charge in [0.2, 0.25) is 0 Å². The van der Waals surface area contributed by atoms with Crippen molar-refractivity contribution in [1.29, 1.82) is 0 Å². The summed E-state index contributed by atoms with van der Waals surface area (Å²) in [5.41, 5.74) is 1.33. The van der Waals surface area contributed by atoms with Crippen LogP contribution in [0.1, 0.15) is 58.6 Å². The lowest BCUT2D eigenvalue weighted by Gasteiger charge is -2.32. The Balaban J connectivity index is 2.07. The van der Waals surface area contributed by atoms with Gasteiger partial charge in [0.15, 0.2) is 0 Å². The number of nitrogens with one attached hydrogen (secondary N) is 1. The zero-order valence-electron chi connectivity index (χ0n) is 13.4. The molecule has 0 aromatic heterocycles. The van der Waals surface area contributed by atoms with Gasteiger partial charge in [0.1, 0.15) is 5.75 Å². The highest BCUT2D eigenvalue weighted by Crippen LogP contribution is 2.32. The summed E-state index contributed by atoms with van der Waals surface area (Å²) in [6, 6.07) is 9.51. The normalized spacial score (nSPS) is 18.4. The summed E-state index contributed by atoms with van der Waals surface area (Å²) in [6.07, 6.45) is 3.57. The lowest BCUT2D eigenvalue weighted by Crippen LogP contribution is -2.37. The Bertz CT molecular complexity index is 404. The highest BCUT2D eigenvalue weighted by atomic mass is 16.5. The average molecular weight is 275 g/mol. The van der Waals surface area contributed by atoms with Crippen molar-refractivity contribution in [2.75, 3.05) is 6.61 Å². The van der Waals surface area contributed by atoms with Gasteiger partial charge in [-0.15, -0.1) is 0 Å². The second-order valence-electron chi connectivity index (χ2n) is 6.85. The lowest BCUT2D eigenvalue weighted by atomic mass is 9.92. The fourth-order valence-corrected chi connectivity index (χ4v) is 3.17. The Hall–Kier alpha value is -1.02. The van der Waals surface area contributed by atoms with Gasteiger partial charge in [-0.3, -0.25) is 0 Å². The summed E-state index contributed by atoms with van der Waals surface area (Å²) >= 11 is 0. The van der Waals surface area contributed by atoms with E-state index >= 15 is 0 Å². The molecule has 0 aliphatic carbocycles. The zero-order valence-corrected chi connectivity index (χ0v) is 13.4. The first-order valence-corrected chi connectivity index (χ1v) is 8.04. The molecule has 1 atom stereocenters. The molecule has 0 spiro atoms.